The van der Waals surface area contributed by atoms with Crippen LogP contribution in [0, 0.1) is 0 Å². The van der Waals surface area contributed by atoms with E-state index in [9.17, 15) is 4.79 Å². The number of esters is 1. The number of halogens is 1. The fraction of sp³-hybridized carbons (Fsp3) is 0.154. The van der Waals surface area contributed by atoms with Crippen molar-refractivity contribution in [1.29, 1.82) is 0 Å². The van der Waals surface area contributed by atoms with Crippen LogP contribution in [0.25, 0.3) is 11.0 Å². The number of anilines is 1. The highest BCUT2D eigenvalue weighted by molar-refractivity contribution is 7.00. The molecule has 0 radical (unpaired) electrons. The Kier molecular flexibility index (Phi) is 3.76. The number of aromatic amines is 1. The largest absolute Gasteiger partial charge is 0.464 e. The number of ether oxygens (including phenoxy) is 1. The summed E-state index contributed by atoms with van der Waals surface area (Å²) >= 11 is 7.34. The number of hydrogen-bond donors (Lipinski definition) is 2. The second kappa shape index (κ2) is 5.71. The van der Waals surface area contributed by atoms with Crippen molar-refractivity contribution in [3.8, 4) is 0 Å². The Morgan fingerprint density at radius 1 is 1.38 bits per heavy atom. The molecule has 3 aromatic rings. The molecule has 2 aromatic heterocycles. The molecule has 0 saturated heterocycles. The van der Waals surface area contributed by atoms with Gasteiger partial charge in [0.2, 0.25) is 0 Å². The number of H-pyrrole nitrogens is 1. The molecule has 0 aliphatic carbocycles. The molecule has 2 heterocycles. The highest BCUT2D eigenvalue weighted by Gasteiger charge is 2.11. The van der Waals surface area contributed by atoms with E-state index < -0.39 is 5.97 Å². The molecule has 2 N–H and O–H groups in total. The predicted molar refractivity (Wildman–Crippen MR) is 81.9 cm³/mol. The number of aromatic nitrogens is 3. The van der Waals surface area contributed by atoms with Crippen LogP contribution in [0.2, 0.25) is 5.02 Å². The molecule has 8 heteroatoms. The Morgan fingerprint density at radius 2 is 2.24 bits per heavy atom. The van der Waals surface area contributed by atoms with Crippen molar-refractivity contribution in [1.82, 2.24) is 13.7 Å². The van der Waals surface area contributed by atoms with Crippen molar-refractivity contribution >= 4 is 46.0 Å². The van der Waals surface area contributed by atoms with Crippen LogP contribution in [-0.4, -0.2) is 26.8 Å². The lowest BCUT2D eigenvalue weighted by Crippen LogP contribution is -2.04. The van der Waals surface area contributed by atoms with Gasteiger partial charge in [-0.15, -0.1) is 0 Å². The second-order valence-electron chi connectivity index (χ2n) is 4.30. The van der Waals surface area contributed by atoms with Crippen LogP contribution in [0.4, 0.5) is 5.69 Å². The number of carbonyl (C=O) groups excluding carboxylic acids is 1. The molecule has 0 saturated carbocycles. The van der Waals surface area contributed by atoms with E-state index in [4.69, 9.17) is 11.6 Å². The SMILES string of the molecule is COC(=O)c1ccc(CNc2c(Cl)ccc3nsnc23)[nH]1. The summed E-state index contributed by atoms with van der Waals surface area (Å²) in [7, 11) is 1.34. The molecule has 0 aliphatic heterocycles. The van der Waals surface area contributed by atoms with E-state index in [0.29, 0.717) is 17.3 Å². The van der Waals surface area contributed by atoms with E-state index in [-0.39, 0.29) is 0 Å². The molecule has 3 rings (SSSR count). The Morgan fingerprint density at radius 3 is 3.05 bits per heavy atom. The molecule has 108 valence electrons. The fourth-order valence-electron chi connectivity index (χ4n) is 1.95. The van der Waals surface area contributed by atoms with E-state index in [1.165, 1.54) is 7.11 Å². The van der Waals surface area contributed by atoms with Gasteiger partial charge in [0.15, 0.2) is 0 Å². The predicted octanol–water partition coefficient (Wildman–Crippen LogP) is 3.07. The first-order valence-corrected chi connectivity index (χ1v) is 7.20. The van der Waals surface area contributed by atoms with Crippen molar-refractivity contribution in [3.05, 3.63) is 40.7 Å². The monoisotopic (exact) mass is 322 g/mol. The van der Waals surface area contributed by atoms with Gasteiger partial charge < -0.3 is 15.0 Å². The zero-order valence-electron chi connectivity index (χ0n) is 11.0. The van der Waals surface area contributed by atoms with Gasteiger partial charge in [0.25, 0.3) is 0 Å². The van der Waals surface area contributed by atoms with Crippen molar-refractivity contribution in [3.63, 3.8) is 0 Å². The third-order valence-corrected chi connectivity index (χ3v) is 3.84. The van der Waals surface area contributed by atoms with Crippen LogP contribution in [0.3, 0.4) is 0 Å². The quantitative estimate of drug-likeness (QED) is 0.722. The number of benzene rings is 1. The molecule has 0 amide bonds. The smallest absolute Gasteiger partial charge is 0.354 e. The first kappa shape index (κ1) is 13.8. The van der Waals surface area contributed by atoms with E-state index in [2.05, 4.69) is 23.8 Å². The van der Waals surface area contributed by atoms with Crippen LogP contribution in [0.1, 0.15) is 16.2 Å². The lowest BCUT2D eigenvalue weighted by atomic mass is 10.2. The van der Waals surface area contributed by atoms with E-state index in [1.54, 1.807) is 12.1 Å². The van der Waals surface area contributed by atoms with Crippen LogP contribution >= 0.6 is 23.3 Å². The van der Waals surface area contributed by atoms with Gasteiger partial charge >= 0.3 is 5.97 Å². The van der Waals surface area contributed by atoms with Crippen LogP contribution in [0.5, 0.6) is 0 Å². The maximum atomic E-state index is 11.4. The van der Waals surface area contributed by atoms with E-state index in [0.717, 1.165) is 34.1 Å². The maximum absolute atomic E-state index is 11.4. The van der Waals surface area contributed by atoms with Gasteiger partial charge in [-0.2, -0.15) is 8.75 Å². The maximum Gasteiger partial charge on any atom is 0.354 e. The van der Waals surface area contributed by atoms with Gasteiger partial charge in [0.05, 0.1) is 36.1 Å². The average molecular weight is 323 g/mol. The summed E-state index contributed by atoms with van der Waals surface area (Å²) in [5.41, 5.74) is 3.53. The van der Waals surface area contributed by atoms with Gasteiger partial charge in [0.1, 0.15) is 16.7 Å². The number of nitrogens with zero attached hydrogens (tertiary/aromatic N) is 2. The summed E-state index contributed by atoms with van der Waals surface area (Å²) in [6, 6.07) is 7.10. The lowest BCUT2D eigenvalue weighted by molar-refractivity contribution is 0.0594. The normalized spacial score (nSPS) is 10.8. The molecule has 0 aliphatic rings. The van der Waals surface area contributed by atoms with Gasteiger partial charge in [0, 0.05) is 5.69 Å². The van der Waals surface area contributed by atoms with Crippen molar-refractivity contribution in [2.24, 2.45) is 0 Å². The molecule has 0 unspecified atom stereocenters. The Labute approximate surface area is 129 Å². The third-order valence-electron chi connectivity index (χ3n) is 2.98. The van der Waals surface area contributed by atoms with Crippen LogP contribution in [-0.2, 0) is 11.3 Å². The summed E-state index contributed by atoms with van der Waals surface area (Å²) in [6.07, 6.45) is 0. The van der Waals surface area contributed by atoms with Gasteiger partial charge in [-0.3, -0.25) is 0 Å². The first-order valence-electron chi connectivity index (χ1n) is 6.10. The molecule has 0 fully saturated rings. The van der Waals surface area contributed by atoms with Crippen molar-refractivity contribution in [2.75, 3.05) is 12.4 Å². The molecule has 1 aromatic carbocycles. The molecule has 0 spiro atoms. The molecular weight excluding hydrogens is 312 g/mol. The molecule has 0 atom stereocenters. The topological polar surface area (TPSA) is 79.9 Å². The standard InChI is InChI=1S/C13H11ClN4O2S/c1-20-13(19)10-4-2-7(16-10)6-15-11-8(14)3-5-9-12(11)18-21-17-9/h2-5,15-16H,6H2,1H3. The third kappa shape index (κ3) is 2.70. The molecule has 6 nitrogen and oxygen atoms in total. The summed E-state index contributed by atoms with van der Waals surface area (Å²) in [5, 5.41) is 3.80. The van der Waals surface area contributed by atoms with Gasteiger partial charge in [-0.05, 0) is 24.3 Å². The van der Waals surface area contributed by atoms with Gasteiger partial charge in [-0.1, -0.05) is 11.6 Å². The summed E-state index contributed by atoms with van der Waals surface area (Å²) in [4.78, 5) is 14.4. The number of hydrogen-bond acceptors (Lipinski definition) is 6. The number of methoxy groups -OCH3 is 1. The minimum atomic E-state index is -0.398. The average Bonchev–Trinajstić information content (AvgIpc) is 3.14. The zero-order chi connectivity index (χ0) is 14.8. The molecular formula is C13H11ClN4O2S. The molecule has 21 heavy (non-hydrogen) atoms. The highest BCUT2D eigenvalue weighted by Crippen LogP contribution is 2.30. The van der Waals surface area contributed by atoms with Crippen LogP contribution in [0.15, 0.2) is 24.3 Å². The molecule has 0 bridgehead atoms. The second-order valence-corrected chi connectivity index (χ2v) is 5.23. The zero-order valence-corrected chi connectivity index (χ0v) is 12.6. The highest BCUT2D eigenvalue weighted by atomic mass is 35.5. The summed E-state index contributed by atoms with van der Waals surface area (Å²) < 4.78 is 13.1. The first-order chi connectivity index (χ1) is 10.2. The number of rotatable bonds is 4. The Bertz CT molecular complexity index is 798. The van der Waals surface area contributed by atoms with Crippen molar-refractivity contribution in [2.45, 2.75) is 6.54 Å². The Hall–Kier alpha value is -2.12. The van der Waals surface area contributed by atoms with Crippen molar-refractivity contribution < 1.29 is 9.53 Å². The lowest BCUT2D eigenvalue weighted by Gasteiger charge is -2.07. The number of carbonyl (C=O) groups is 1. The van der Waals surface area contributed by atoms with E-state index in [1.807, 2.05) is 12.1 Å². The van der Waals surface area contributed by atoms with Gasteiger partial charge in [-0.25, -0.2) is 4.79 Å². The fourth-order valence-corrected chi connectivity index (χ4v) is 2.71. The minimum absolute atomic E-state index is 0.398. The number of fused-ring (bicyclic) bond motifs is 1. The Balaban J connectivity index is 1.80. The summed E-state index contributed by atoms with van der Waals surface area (Å²) in [6.45, 7) is 0.480. The van der Waals surface area contributed by atoms with Crippen LogP contribution < -0.4 is 5.32 Å². The summed E-state index contributed by atoms with van der Waals surface area (Å²) in [5.74, 6) is -0.398. The number of nitrogens with one attached hydrogen (secondary N) is 2. The van der Waals surface area contributed by atoms with E-state index >= 15 is 0 Å². The minimum Gasteiger partial charge on any atom is -0.464 e.